The molecule has 1 aromatic heterocycles. The van der Waals surface area contributed by atoms with Crippen LogP contribution < -0.4 is 5.32 Å². The Bertz CT molecular complexity index is 749. The lowest BCUT2D eigenvalue weighted by atomic mass is 10.0. The van der Waals surface area contributed by atoms with Crippen LogP contribution in [0, 0.1) is 0 Å². The van der Waals surface area contributed by atoms with E-state index in [1.165, 1.54) is 29.2 Å². The SMILES string of the molecule is c1ccc2c(-c3cnc(CC4CCCN4)[nH]3)cccc2c1. The standard InChI is InChI=1S/C18H19N3/c1-2-8-15-13(5-1)6-3-9-16(15)17-12-20-18(21-17)11-14-7-4-10-19-14/h1-3,5-6,8-9,12,14,19H,4,7,10-11H2,(H,20,21). The number of nitrogens with zero attached hydrogens (tertiary/aromatic N) is 1. The van der Waals surface area contributed by atoms with Crippen molar-refractivity contribution in [3.63, 3.8) is 0 Å². The molecule has 1 unspecified atom stereocenters. The lowest BCUT2D eigenvalue weighted by Crippen LogP contribution is -2.24. The van der Waals surface area contributed by atoms with Crippen LogP contribution >= 0.6 is 0 Å². The largest absolute Gasteiger partial charge is 0.342 e. The molecule has 2 aromatic carbocycles. The highest BCUT2D eigenvalue weighted by atomic mass is 15.0. The molecule has 0 saturated carbocycles. The first-order valence-electron chi connectivity index (χ1n) is 7.65. The summed E-state index contributed by atoms with van der Waals surface area (Å²) in [5.41, 5.74) is 2.34. The predicted octanol–water partition coefficient (Wildman–Crippen LogP) is 3.52. The molecule has 1 aliphatic heterocycles. The lowest BCUT2D eigenvalue weighted by Gasteiger charge is -2.07. The second kappa shape index (κ2) is 5.34. The summed E-state index contributed by atoms with van der Waals surface area (Å²) in [5.74, 6) is 1.08. The summed E-state index contributed by atoms with van der Waals surface area (Å²) in [4.78, 5) is 8.06. The van der Waals surface area contributed by atoms with E-state index in [2.05, 4.69) is 57.7 Å². The van der Waals surface area contributed by atoms with Crippen LogP contribution in [0.3, 0.4) is 0 Å². The van der Waals surface area contributed by atoms with E-state index in [0.29, 0.717) is 6.04 Å². The molecule has 0 amide bonds. The number of H-pyrrole nitrogens is 1. The Morgan fingerprint density at radius 1 is 1.10 bits per heavy atom. The highest BCUT2D eigenvalue weighted by Gasteiger charge is 2.16. The maximum atomic E-state index is 4.57. The third-order valence-corrected chi connectivity index (χ3v) is 4.31. The van der Waals surface area contributed by atoms with Crippen LogP contribution in [0.2, 0.25) is 0 Å². The second-order valence-corrected chi connectivity index (χ2v) is 5.77. The van der Waals surface area contributed by atoms with Crippen molar-refractivity contribution >= 4 is 10.8 Å². The number of rotatable bonds is 3. The molecule has 1 fully saturated rings. The van der Waals surface area contributed by atoms with Crippen LogP contribution in [0.25, 0.3) is 22.0 Å². The molecule has 0 spiro atoms. The molecule has 3 nitrogen and oxygen atoms in total. The number of fused-ring (bicyclic) bond motifs is 1. The number of benzene rings is 2. The fraction of sp³-hybridized carbons (Fsp3) is 0.278. The topological polar surface area (TPSA) is 40.7 Å². The van der Waals surface area contributed by atoms with E-state index in [4.69, 9.17) is 0 Å². The Morgan fingerprint density at radius 2 is 2.00 bits per heavy atom. The van der Waals surface area contributed by atoms with Crippen molar-refractivity contribution in [1.82, 2.24) is 15.3 Å². The first-order chi connectivity index (χ1) is 10.4. The Morgan fingerprint density at radius 3 is 2.90 bits per heavy atom. The number of hydrogen-bond donors (Lipinski definition) is 2. The minimum absolute atomic E-state index is 0.580. The maximum Gasteiger partial charge on any atom is 0.108 e. The van der Waals surface area contributed by atoms with Gasteiger partial charge >= 0.3 is 0 Å². The average molecular weight is 277 g/mol. The van der Waals surface area contributed by atoms with E-state index in [-0.39, 0.29) is 0 Å². The maximum absolute atomic E-state index is 4.57. The zero-order valence-corrected chi connectivity index (χ0v) is 12.0. The van der Waals surface area contributed by atoms with Crippen LogP contribution in [0.5, 0.6) is 0 Å². The summed E-state index contributed by atoms with van der Waals surface area (Å²) >= 11 is 0. The molecule has 1 saturated heterocycles. The van der Waals surface area contributed by atoms with Gasteiger partial charge in [0, 0.05) is 18.0 Å². The first kappa shape index (κ1) is 12.6. The van der Waals surface area contributed by atoms with Crippen LogP contribution in [0.1, 0.15) is 18.7 Å². The number of imidazole rings is 1. The van der Waals surface area contributed by atoms with Crippen LogP contribution in [-0.2, 0) is 6.42 Å². The van der Waals surface area contributed by atoms with Crippen molar-refractivity contribution in [3.05, 3.63) is 54.5 Å². The van der Waals surface area contributed by atoms with Gasteiger partial charge in [-0.15, -0.1) is 0 Å². The van der Waals surface area contributed by atoms with Gasteiger partial charge in [-0.05, 0) is 30.2 Å². The quantitative estimate of drug-likeness (QED) is 0.769. The highest BCUT2D eigenvalue weighted by molar-refractivity contribution is 5.95. The van der Waals surface area contributed by atoms with Crippen LogP contribution in [0.15, 0.2) is 48.7 Å². The number of nitrogens with one attached hydrogen (secondary N) is 2. The fourth-order valence-electron chi connectivity index (χ4n) is 3.23. The van der Waals surface area contributed by atoms with E-state index in [9.17, 15) is 0 Å². The molecule has 2 heterocycles. The van der Waals surface area contributed by atoms with Crippen molar-refractivity contribution in [3.8, 4) is 11.3 Å². The molecule has 0 aliphatic carbocycles. The normalized spacial score (nSPS) is 18.4. The third kappa shape index (κ3) is 2.45. The summed E-state index contributed by atoms with van der Waals surface area (Å²) in [6.45, 7) is 1.14. The minimum Gasteiger partial charge on any atom is -0.342 e. The Labute approximate surface area is 124 Å². The van der Waals surface area contributed by atoms with Crippen molar-refractivity contribution in [2.24, 2.45) is 0 Å². The van der Waals surface area contributed by atoms with Crippen molar-refractivity contribution < 1.29 is 0 Å². The molecule has 3 heteroatoms. The number of aromatic nitrogens is 2. The van der Waals surface area contributed by atoms with E-state index in [0.717, 1.165) is 24.5 Å². The van der Waals surface area contributed by atoms with Gasteiger partial charge in [-0.3, -0.25) is 0 Å². The second-order valence-electron chi connectivity index (χ2n) is 5.77. The third-order valence-electron chi connectivity index (χ3n) is 4.31. The first-order valence-corrected chi connectivity index (χ1v) is 7.65. The molecule has 21 heavy (non-hydrogen) atoms. The number of aromatic amines is 1. The average Bonchev–Trinajstić information content (AvgIpc) is 3.19. The minimum atomic E-state index is 0.580. The van der Waals surface area contributed by atoms with Crippen LogP contribution in [-0.4, -0.2) is 22.6 Å². The Hall–Kier alpha value is -2.13. The molecular weight excluding hydrogens is 258 g/mol. The zero-order valence-electron chi connectivity index (χ0n) is 12.0. The van der Waals surface area contributed by atoms with E-state index >= 15 is 0 Å². The molecule has 0 bridgehead atoms. The summed E-state index contributed by atoms with van der Waals surface area (Å²) in [6.07, 6.45) is 5.49. The Kier molecular flexibility index (Phi) is 3.20. The van der Waals surface area contributed by atoms with Gasteiger partial charge in [-0.2, -0.15) is 0 Å². The van der Waals surface area contributed by atoms with Gasteiger partial charge < -0.3 is 10.3 Å². The molecule has 2 N–H and O–H groups in total. The van der Waals surface area contributed by atoms with Gasteiger partial charge in [0.2, 0.25) is 0 Å². The van der Waals surface area contributed by atoms with Gasteiger partial charge in [-0.25, -0.2) is 4.98 Å². The molecule has 1 atom stereocenters. The molecule has 106 valence electrons. The molecular formula is C18H19N3. The van der Waals surface area contributed by atoms with Crippen molar-refractivity contribution in [2.45, 2.75) is 25.3 Å². The van der Waals surface area contributed by atoms with E-state index < -0.39 is 0 Å². The Balaban J connectivity index is 1.67. The lowest BCUT2D eigenvalue weighted by molar-refractivity contribution is 0.589. The molecule has 1 aliphatic rings. The predicted molar refractivity (Wildman–Crippen MR) is 86.3 cm³/mol. The van der Waals surface area contributed by atoms with Crippen molar-refractivity contribution in [2.75, 3.05) is 6.54 Å². The summed E-state index contributed by atoms with van der Waals surface area (Å²) in [7, 11) is 0. The van der Waals surface area contributed by atoms with Gasteiger partial charge in [-0.1, -0.05) is 42.5 Å². The van der Waals surface area contributed by atoms with E-state index in [1.807, 2.05) is 6.20 Å². The molecule has 4 rings (SSSR count). The van der Waals surface area contributed by atoms with Gasteiger partial charge in [0.15, 0.2) is 0 Å². The van der Waals surface area contributed by atoms with E-state index in [1.54, 1.807) is 0 Å². The van der Waals surface area contributed by atoms with Crippen LogP contribution in [0.4, 0.5) is 0 Å². The smallest absolute Gasteiger partial charge is 0.108 e. The monoisotopic (exact) mass is 277 g/mol. The fourth-order valence-corrected chi connectivity index (χ4v) is 3.23. The van der Waals surface area contributed by atoms with Gasteiger partial charge in [0.25, 0.3) is 0 Å². The highest BCUT2D eigenvalue weighted by Crippen LogP contribution is 2.27. The van der Waals surface area contributed by atoms with Crippen molar-refractivity contribution in [1.29, 1.82) is 0 Å². The zero-order chi connectivity index (χ0) is 14.1. The van der Waals surface area contributed by atoms with Gasteiger partial charge in [0.05, 0.1) is 11.9 Å². The number of hydrogen-bond acceptors (Lipinski definition) is 2. The van der Waals surface area contributed by atoms with Gasteiger partial charge in [0.1, 0.15) is 5.82 Å². The summed E-state index contributed by atoms with van der Waals surface area (Å²) < 4.78 is 0. The molecule has 0 radical (unpaired) electrons. The summed E-state index contributed by atoms with van der Waals surface area (Å²) in [6, 6.07) is 15.5. The molecule has 3 aromatic rings. The summed E-state index contributed by atoms with van der Waals surface area (Å²) in [5, 5.41) is 6.06.